The summed E-state index contributed by atoms with van der Waals surface area (Å²) in [5.41, 5.74) is 0. The number of nitrogens with one attached hydrogen (secondary N) is 2. The predicted octanol–water partition coefficient (Wildman–Crippen LogP) is -0.0662. The highest BCUT2D eigenvalue weighted by molar-refractivity contribution is 6.61. The van der Waals surface area contributed by atoms with Crippen LogP contribution in [-0.4, -0.2) is 36.2 Å². The summed E-state index contributed by atoms with van der Waals surface area (Å²) in [5, 5.41) is 0. The van der Waals surface area contributed by atoms with Crippen molar-refractivity contribution in [3.63, 3.8) is 0 Å². The van der Waals surface area contributed by atoms with Crippen molar-refractivity contribution in [3.8, 4) is 0 Å². The van der Waals surface area contributed by atoms with Crippen LogP contribution in [-0.2, 0) is 8.85 Å². The van der Waals surface area contributed by atoms with Crippen molar-refractivity contribution < 1.29 is 8.85 Å². The third-order valence-corrected chi connectivity index (χ3v) is 4.06. The zero-order valence-corrected chi connectivity index (χ0v) is 8.73. The van der Waals surface area contributed by atoms with Crippen LogP contribution in [0.1, 0.15) is 13.8 Å². The maximum atomic E-state index is 5.46. The molecule has 0 spiro atoms. The number of rotatable bonds is 6. The first-order valence-corrected chi connectivity index (χ1v) is 5.72. The molecule has 4 nitrogen and oxygen atoms in total. The van der Waals surface area contributed by atoms with Crippen molar-refractivity contribution in [2.24, 2.45) is 0 Å². The fourth-order valence-electron chi connectivity index (χ4n) is 0.862. The van der Waals surface area contributed by atoms with Crippen molar-refractivity contribution in [1.29, 1.82) is 0 Å². The Hall–Kier alpha value is 0.0569. The molecule has 0 aromatic heterocycles. The summed E-state index contributed by atoms with van der Waals surface area (Å²) in [7, 11) is 1.44. The van der Waals surface area contributed by atoms with Crippen LogP contribution in [0.4, 0.5) is 0 Å². The van der Waals surface area contributed by atoms with Crippen LogP contribution in [0, 0.1) is 0 Å². The molecule has 0 aliphatic heterocycles. The molecule has 0 radical (unpaired) electrons. The largest absolute Gasteiger partial charge is 0.516 e. The minimum Gasteiger partial charge on any atom is -0.371 e. The molecule has 0 aliphatic carbocycles. The van der Waals surface area contributed by atoms with Crippen molar-refractivity contribution >= 4 is 8.88 Å². The third-order valence-electron chi connectivity index (χ3n) is 1.35. The van der Waals surface area contributed by atoms with Crippen molar-refractivity contribution in [1.82, 2.24) is 9.96 Å². The minimum atomic E-state index is -2.24. The van der Waals surface area contributed by atoms with Crippen molar-refractivity contribution in [2.45, 2.75) is 13.8 Å². The third kappa shape index (κ3) is 3.30. The van der Waals surface area contributed by atoms with Crippen LogP contribution in [0.15, 0.2) is 0 Å². The highest BCUT2D eigenvalue weighted by Gasteiger charge is 2.35. The summed E-state index contributed by atoms with van der Waals surface area (Å²) in [6.07, 6.45) is 0. The first kappa shape index (κ1) is 11.1. The van der Waals surface area contributed by atoms with Gasteiger partial charge in [0, 0.05) is 13.2 Å². The second-order valence-electron chi connectivity index (χ2n) is 1.98. The summed E-state index contributed by atoms with van der Waals surface area (Å²) in [6.45, 7) is 5.23. The van der Waals surface area contributed by atoms with Gasteiger partial charge in [0.05, 0.1) is 0 Å². The highest BCUT2D eigenvalue weighted by Crippen LogP contribution is 1.96. The molecular weight excluding hydrogens is 160 g/mol. The van der Waals surface area contributed by atoms with Gasteiger partial charge in [0.25, 0.3) is 0 Å². The Kier molecular flexibility index (Phi) is 5.70. The predicted molar refractivity (Wildman–Crippen MR) is 47.1 cm³/mol. The molecule has 2 N–H and O–H groups in total. The van der Waals surface area contributed by atoms with Gasteiger partial charge >= 0.3 is 8.88 Å². The molecule has 0 aromatic rings. The van der Waals surface area contributed by atoms with E-state index in [1.54, 1.807) is 0 Å². The molecule has 0 saturated heterocycles. The Morgan fingerprint density at radius 1 is 1.00 bits per heavy atom. The SMILES string of the molecule is CCO[Si](NC)(NC)OCC. The Labute approximate surface area is 69.7 Å². The Morgan fingerprint density at radius 2 is 1.36 bits per heavy atom. The quantitative estimate of drug-likeness (QED) is 0.559. The summed E-state index contributed by atoms with van der Waals surface area (Å²) < 4.78 is 10.9. The molecular formula is C6H18N2O2Si. The van der Waals surface area contributed by atoms with Gasteiger partial charge in [0.1, 0.15) is 0 Å². The molecule has 0 amide bonds. The highest BCUT2D eigenvalue weighted by atomic mass is 28.4. The fraction of sp³-hybridized carbons (Fsp3) is 1.00. The minimum absolute atomic E-state index is 0.661. The topological polar surface area (TPSA) is 42.5 Å². The summed E-state index contributed by atoms with van der Waals surface area (Å²) in [4.78, 5) is 6.10. The smallest absolute Gasteiger partial charge is 0.371 e. The van der Waals surface area contributed by atoms with Gasteiger partial charge in [-0.1, -0.05) is 0 Å². The standard InChI is InChI=1S/C6H18N2O2Si/c1-5-9-11(7-3,8-4)10-6-2/h7-8H,5-6H2,1-4H3. The Morgan fingerprint density at radius 3 is 1.55 bits per heavy atom. The van der Waals surface area contributed by atoms with Crippen LogP contribution in [0.2, 0.25) is 0 Å². The van der Waals surface area contributed by atoms with Crippen LogP contribution < -0.4 is 9.96 Å². The summed E-state index contributed by atoms with van der Waals surface area (Å²) >= 11 is 0. The van der Waals surface area contributed by atoms with E-state index in [2.05, 4.69) is 9.96 Å². The Balaban J connectivity index is 3.96. The van der Waals surface area contributed by atoms with E-state index in [1.165, 1.54) is 0 Å². The van der Waals surface area contributed by atoms with Crippen LogP contribution in [0.25, 0.3) is 0 Å². The van der Waals surface area contributed by atoms with E-state index in [-0.39, 0.29) is 0 Å². The van der Waals surface area contributed by atoms with Crippen LogP contribution in [0.5, 0.6) is 0 Å². The van der Waals surface area contributed by atoms with Gasteiger partial charge in [0.15, 0.2) is 0 Å². The zero-order valence-electron chi connectivity index (χ0n) is 7.73. The molecule has 0 fully saturated rings. The lowest BCUT2D eigenvalue weighted by Gasteiger charge is -2.26. The lowest BCUT2D eigenvalue weighted by Crippen LogP contribution is -2.64. The summed E-state index contributed by atoms with van der Waals surface area (Å²) in [6, 6.07) is 0. The van der Waals surface area contributed by atoms with E-state index in [9.17, 15) is 0 Å². The van der Waals surface area contributed by atoms with Crippen molar-refractivity contribution in [3.05, 3.63) is 0 Å². The lowest BCUT2D eigenvalue weighted by molar-refractivity contribution is 0.165. The number of hydrogen-bond acceptors (Lipinski definition) is 4. The lowest BCUT2D eigenvalue weighted by atomic mass is 10.9. The van der Waals surface area contributed by atoms with Crippen molar-refractivity contribution in [2.75, 3.05) is 27.3 Å². The average Bonchev–Trinajstić information content (AvgIpc) is 2.04. The maximum absolute atomic E-state index is 5.46. The molecule has 5 heteroatoms. The van der Waals surface area contributed by atoms with E-state index in [4.69, 9.17) is 8.85 Å². The molecule has 11 heavy (non-hydrogen) atoms. The first-order chi connectivity index (χ1) is 5.24. The first-order valence-electron chi connectivity index (χ1n) is 3.90. The molecule has 0 heterocycles. The molecule has 0 rings (SSSR count). The van der Waals surface area contributed by atoms with E-state index in [1.807, 2.05) is 27.9 Å². The van der Waals surface area contributed by atoms with Crippen LogP contribution >= 0.6 is 0 Å². The van der Waals surface area contributed by atoms with E-state index >= 15 is 0 Å². The van der Waals surface area contributed by atoms with Gasteiger partial charge in [-0.05, 0) is 27.9 Å². The zero-order chi connectivity index (χ0) is 8.74. The molecule has 0 unspecified atom stereocenters. The molecule has 68 valence electrons. The van der Waals surface area contributed by atoms with Gasteiger partial charge in [-0.2, -0.15) is 0 Å². The second-order valence-corrected chi connectivity index (χ2v) is 4.79. The Bertz CT molecular complexity index is 90.6. The maximum Gasteiger partial charge on any atom is 0.516 e. The molecule has 0 aliphatic rings. The molecule has 0 atom stereocenters. The molecule has 0 aromatic carbocycles. The van der Waals surface area contributed by atoms with Gasteiger partial charge < -0.3 is 8.85 Å². The molecule has 0 saturated carbocycles. The van der Waals surface area contributed by atoms with Gasteiger partial charge in [0.2, 0.25) is 0 Å². The average molecular weight is 178 g/mol. The van der Waals surface area contributed by atoms with E-state index < -0.39 is 8.88 Å². The normalized spacial score (nSPS) is 12.0. The fourth-order valence-corrected chi connectivity index (χ4v) is 2.59. The van der Waals surface area contributed by atoms with Gasteiger partial charge in [-0.15, -0.1) is 0 Å². The summed E-state index contributed by atoms with van der Waals surface area (Å²) in [5.74, 6) is 0. The van der Waals surface area contributed by atoms with Gasteiger partial charge in [-0.25, -0.2) is 0 Å². The number of hydrogen-bond donors (Lipinski definition) is 2. The monoisotopic (exact) mass is 178 g/mol. The van der Waals surface area contributed by atoms with E-state index in [0.717, 1.165) is 0 Å². The molecule has 0 bridgehead atoms. The second kappa shape index (κ2) is 5.67. The van der Waals surface area contributed by atoms with Crippen LogP contribution in [0.3, 0.4) is 0 Å². The van der Waals surface area contributed by atoms with Gasteiger partial charge in [-0.3, -0.25) is 9.96 Å². The van der Waals surface area contributed by atoms with E-state index in [0.29, 0.717) is 13.2 Å².